The minimum Gasteiger partial charge on any atom is -0.301 e. The number of thiocarbonyl (C=S) groups is 1. The van der Waals surface area contributed by atoms with Gasteiger partial charge in [-0.05, 0) is 54.7 Å². The summed E-state index contributed by atoms with van der Waals surface area (Å²) >= 11 is 14.4. The molecule has 25 heavy (non-hydrogen) atoms. The number of carbonyl (C=O) groups excluding carboxylic acids is 2. The highest BCUT2D eigenvalue weighted by molar-refractivity contribution is 9.10. The molecule has 5 nitrogen and oxygen atoms in total. The fourth-order valence-corrected chi connectivity index (χ4v) is 3.02. The molecule has 0 aromatic heterocycles. The Morgan fingerprint density at radius 2 is 1.92 bits per heavy atom. The number of aliphatic imine (C=N–C) groups is 1. The van der Waals surface area contributed by atoms with Gasteiger partial charge >= 0.3 is 0 Å². The van der Waals surface area contributed by atoms with E-state index >= 15 is 0 Å². The number of hydrogen-bond donors (Lipinski definition) is 1. The quantitative estimate of drug-likeness (QED) is 0.451. The van der Waals surface area contributed by atoms with Crippen molar-refractivity contribution in [3.63, 3.8) is 0 Å². The number of anilines is 1. The fraction of sp³-hybridized carbons (Fsp3) is 0.0588. The highest BCUT2D eigenvalue weighted by atomic mass is 79.9. The second-order valence-electron chi connectivity index (χ2n) is 5.18. The van der Waals surface area contributed by atoms with Crippen LogP contribution in [0.25, 0.3) is 0 Å². The Labute approximate surface area is 162 Å². The van der Waals surface area contributed by atoms with Gasteiger partial charge in [-0.3, -0.25) is 19.5 Å². The van der Waals surface area contributed by atoms with Crippen LogP contribution < -0.4 is 10.2 Å². The summed E-state index contributed by atoms with van der Waals surface area (Å²) < 4.78 is 0.870. The van der Waals surface area contributed by atoms with Gasteiger partial charge in [0, 0.05) is 15.7 Å². The number of amides is 2. The lowest BCUT2D eigenvalue weighted by Crippen LogP contribution is -2.58. The molecule has 1 aliphatic rings. The average molecular weight is 437 g/mol. The fourth-order valence-electron chi connectivity index (χ4n) is 2.27. The summed E-state index contributed by atoms with van der Waals surface area (Å²) in [6.45, 7) is 0. The normalized spacial score (nSPS) is 17.9. The van der Waals surface area contributed by atoms with Gasteiger partial charge in [-0.2, -0.15) is 0 Å². The number of carbonyl (C=O) groups is 2. The predicted octanol–water partition coefficient (Wildman–Crippen LogP) is 3.87. The molecule has 126 valence electrons. The van der Waals surface area contributed by atoms with Crippen LogP contribution in [0.4, 0.5) is 11.4 Å². The van der Waals surface area contributed by atoms with Crippen molar-refractivity contribution in [2.24, 2.45) is 10.9 Å². The van der Waals surface area contributed by atoms with Gasteiger partial charge in [-0.15, -0.1) is 0 Å². The van der Waals surface area contributed by atoms with Crippen molar-refractivity contribution in [1.29, 1.82) is 0 Å². The smallest absolute Gasteiger partial charge is 0.251 e. The molecule has 2 aromatic carbocycles. The molecule has 3 rings (SSSR count). The van der Waals surface area contributed by atoms with Crippen LogP contribution >= 0.6 is 39.7 Å². The number of rotatable bonds is 3. The molecular formula is C17H11BrClN3O2S. The molecule has 2 aromatic rings. The molecule has 1 heterocycles. The van der Waals surface area contributed by atoms with Crippen molar-refractivity contribution < 1.29 is 9.59 Å². The van der Waals surface area contributed by atoms with Gasteiger partial charge in [0.15, 0.2) is 11.0 Å². The minimum atomic E-state index is -1.07. The zero-order chi connectivity index (χ0) is 18.0. The van der Waals surface area contributed by atoms with Gasteiger partial charge < -0.3 is 5.32 Å². The van der Waals surface area contributed by atoms with Crippen LogP contribution in [-0.2, 0) is 9.59 Å². The Bertz CT molecular complexity index is 886. The van der Waals surface area contributed by atoms with Gasteiger partial charge in [0.1, 0.15) is 0 Å². The van der Waals surface area contributed by atoms with Crippen LogP contribution in [-0.4, -0.2) is 23.1 Å². The van der Waals surface area contributed by atoms with Crippen molar-refractivity contribution in [2.45, 2.75) is 0 Å². The van der Waals surface area contributed by atoms with Crippen LogP contribution in [0.3, 0.4) is 0 Å². The van der Waals surface area contributed by atoms with E-state index in [4.69, 9.17) is 23.8 Å². The molecule has 0 spiro atoms. The van der Waals surface area contributed by atoms with E-state index < -0.39 is 17.7 Å². The Kier molecular flexibility index (Phi) is 5.27. The molecule has 1 saturated heterocycles. The summed E-state index contributed by atoms with van der Waals surface area (Å²) in [7, 11) is 0. The lowest BCUT2D eigenvalue weighted by Gasteiger charge is -2.30. The zero-order valence-corrected chi connectivity index (χ0v) is 15.8. The van der Waals surface area contributed by atoms with E-state index in [2.05, 4.69) is 26.2 Å². The maximum absolute atomic E-state index is 12.8. The molecule has 8 heteroatoms. The lowest BCUT2D eigenvalue weighted by molar-refractivity contribution is -0.130. The van der Waals surface area contributed by atoms with Gasteiger partial charge in [0.25, 0.3) is 5.91 Å². The van der Waals surface area contributed by atoms with Crippen molar-refractivity contribution in [3.8, 4) is 0 Å². The molecule has 0 bridgehead atoms. The molecule has 1 N–H and O–H groups in total. The van der Waals surface area contributed by atoms with Crippen molar-refractivity contribution in [1.82, 2.24) is 5.32 Å². The minimum absolute atomic E-state index is 0.0460. The summed E-state index contributed by atoms with van der Waals surface area (Å²) in [6, 6.07) is 13.9. The van der Waals surface area contributed by atoms with Gasteiger partial charge in [0.2, 0.25) is 5.91 Å². The molecule has 0 aliphatic carbocycles. The average Bonchev–Trinajstić information content (AvgIpc) is 2.56. The summed E-state index contributed by atoms with van der Waals surface area (Å²) in [6.07, 6.45) is 1.30. The van der Waals surface area contributed by atoms with E-state index in [1.54, 1.807) is 48.5 Å². The van der Waals surface area contributed by atoms with Crippen LogP contribution in [0.5, 0.6) is 0 Å². The Morgan fingerprint density at radius 3 is 2.60 bits per heavy atom. The predicted molar refractivity (Wildman–Crippen MR) is 105 cm³/mol. The van der Waals surface area contributed by atoms with Crippen LogP contribution in [0.2, 0.25) is 5.02 Å². The third-order valence-electron chi connectivity index (χ3n) is 3.47. The molecule has 1 atom stereocenters. The SMILES string of the molecule is O=C1NC(=S)N(c2ccc(Br)cc2)C(=O)[C@H]1C=Nc1cccc(Cl)c1. The molecule has 0 radical (unpaired) electrons. The number of nitrogens with one attached hydrogen (secondary N) is 1. The summed E-state index contributed by atoms with van der Waals surface area (Å²) in [5.74, 6) is -2.04. The highest BCUT2D eigenvalue weighted by Gasteiger charge is 2.38. The van der Waals surface area contributed by atoms with Crippen molar-refractivity contribution in [2.75, 3.05) is 4.90 Å². The second-order valence-corrected chi connectivity index (χ2v) is 6.92. The number of nitrogens with zero attached hydrogens (tertiary/aromatic N) is 2. The highest BCUT2D eigenvalue weighted by Crippen LogP contribution is 2.23. The van der Waals surface area contributed by atoms with Crippen LogP contribution in [0.1, 0.15) is 0 Å². The first-order valence-electron chi connectivity index (χ1n) is 7.20. The van der Waals surface area contributed by atoms with Gasteiger partial charge in [0.05, 0.1) is 11.4 Å². The topological polar surface area (TPSA) is 61.8 Å². The number of benzene rings is 2. The van der Waals surface area contributed by atoms with Crippen LogP contribution in [0, 0.1) is 5.92 Å². The molecule has 2 amide bonds. The van der Waals surface area contributed by atoms with E-state index in [1.807, 2.05) is 0 Å². The van der Waals surface area contributed by atoms with Gasteiger partial charge in [-0.25, -0.2) is 0 Å². The monoisotopic (exact) mass is 435 g/mol. The van der Waals surface area contributed by atoms with E-state index in [0.717, 1.165) is 4.47 Å². The number of halogens is 2. The van der Waals surface area contributed by atoms with Crippen LogP contribution in [0.15, 0.2) is 58.0 Å². The Balaban J connectivity index is 1.89. The summed E-state index contributed by atoms with van der Waals surface area (Å²) in [5.41, 5.74) is 1.12. The van der Waals surface area contributed by atoms with Crippen molar-refractivity contribution >= 4 is 74.3 Å². The zero-order valence-electron chi connectivity index (χ0n) is 12.6. The largest absolute Gasteiger partial charge is 0.301 e. The maximum atomic E-state index is 12.8. The van der Waals surface area contributed by atoms with Gasteiger partial charge in [-0.1, -0.05) is 33.6 Å². The molecule has 0 unspecified atom stereocenters. The van der Waals surface area contributed by atoms with E-state index in [-0.39, 0.29) is 5.11 Å². The summed E-state index contributed by atoms with van der Waals surface area (Å²) in [5, 5.41) is 3.11. The van der Waals surface area contributed by atoms with E-state index in [0.29, 0.717) is 16.4 Å². The third kappa shape index (κ3) is 3.95. The third-order valence-corrected chi connectivity index (χ3v) is 4.52. The first-order chi connectivity index (χ1) is 12.0. The Hall–Kier alpha value is -2.09. The number of hydrogen-bond acceptors (Lipinski definition) is 4. The first kappa shape index (κ1) is 17.7. The first-order valence-corrected chi connectivity index (χ1v) is 8.78. The Morgan fingerprint density at radius 1 is 1.20 bits per heavy atom. The molecule has 0 saturated carbocycles. The lowest BCUT2D eigenvalue weighted by atomic mass is 10.1. The maximum Gasteiger partial charge on any atom is 0.251 e. The van der Waals surface area contributed by atoms with E-state index in [9.17, 15) is 9.59 Å². The molecular weight excluding hydrogens is 426 g/mol. The summed E-state index contributed by atoms with van der Waals surface area (Å²) in [4.78, 5) is 30.4. The molecule has 1 aliphatic heterocycles. The molecule has 1 fully saturated rings. The van der Waals surface area contributed by atoms with Crippen molar-refractivity contribution in [3.05, 3.63) is 58.0 Å². The second kappa shape index (κ2) is 7.43. The standard InChI is InChI=1S/C17H11BrClN3O2S/c18-10-4-6-13(7-5-10)22-16(24)14(15(23)21-17(22)25)9-20-12-3-1-2-11(19)8-12/h1-9,14H,(H,21,23,25)/t14-/m0/s1. The van der Waals surface area contributed by atoms with E-state index in [1.165, 1.54) is 11.1 Å².